The Kier molecular flexibility index (Phi) is 5.73. The molecule has 1 aliphatic heterocycles. The fourth-order valence-electron chi connectivity index (χ4n) is 4.76. The quantitative estimate of drug-likeness (QED) is 0.416. The Morgan fingerprint density at radius 3 is 2.62 bits per heavy atom. The molecule has 0 N–H and O–H groups in total. The van der Waals surface area contributed by atoms with Gasteiger partial charge in [0.1, 0.15) is 0 Å². The van der Waals surface area contributed by atoms with Crippen molar-refractivity contribution in [2.45, 2.75) is 33.0 Å². The van der Waals surface area contributed by atoms with Crippen LogP contribution in [-0.4, -0.2) is 33.6 Å². The molecule has 1 aliphatic rings. The topological polar surface area (TPSA) is 47.4 Å². The number of esters is 1. The van der Waals surface area contributed by atoms with Crippen molar-refractivity contribution in [3.05, 3.63) is 101 Å². The van der Waals surface area contributed by atoms with E-state index < -0.39 is 0 Å². The number of pyridine rings is 1. The van der Waals surface area contributed by atoms with Crippen LogP contribution >= 0.6 is 0 Å². The van der Waals surface area contributed by atoms with Gasteiger partial charge in [-0.3, -0.25) is 9.88 Å². The summed E-state index contributed by atoms with van der Waals surface area (Å²) in [5.74, 6) is -0.262. The van der Waals surface area contributed by atoms with E-state index >= 15 is 0 Å². The molecule has 0 radical (unpaired) electrons. The zero-order valence-electron chi connectivity index (χ0n) is 18.3. The molecule has 0 spiro atoms. The van der Waals surface area contributed by atoms with Gasteiger partial charge in [-0.05, 0) is 35.7 Å². The second kappa shape index (κ2) is 8.97. The van der Waals surface area contributed by atoms with Gasteiger partial charge in [0.05, 0.1) is 17.7 Å². The van der Waals surface area contributed by atoms with Gasteiger partial charge in [0, 0.05) is 56.1 Å². The van der Waals surface area contributed by atoms with E-state index in [-0.39, 0.29) is 5.97 Å². The predicted molar refractivity (Wildman–Crippen MR) is 125 cm³/mol. The SMILES string of the molecule is CCOC(=O)c1cccc2c3c(n(Cc4cccnc4)c12)CCN(Cc1ccccc1)C3. The zero-order chi connectivity index (χ0) is 21.9. The van der Waals surface area contributed by atoms with E-state index in [1.807, 2.05) is 31.3 Å². The van der Waals surface area contributed by atoms with E-state index in [9.17, 15) is 4.79 Å². The number of rotatable bonds is 6. The van der Waals surface area contributed by atoms with Crippen LogP contribution in [0.5, 0.6) is 0 Å². The van der Waals surface area contributed by atoms with Crippen LogP contribution in [0.2, 0.25) is 0 Å². The Morgan fingerprint density at radius 2 is 1.84 bits per heavy atom. The maximum Gasteiger partial charge on any atom is 0.340 e. The first-order valence-electron chi connectivity index (χ1n) is 11.2. The van der Waals surface area contributed by atoms with Gasteiger partial charge < -0.3 is 9.30 Å². The van der Waals surface area contributed by atoms with E-state index in [1.165, 1.54) is 16.8 Å². The van der Waals surface area contributed by atoms with Gasteiger partial charge in [-0.15, -0.1) is 0 Å². The highest BCUT2D eigenvalue weighted by atomic mass is 16.5. The Labute approximate surface area is 188 Å². The lowest BCUT2D eigenvalue weighted by Gasteiger charge is -2.28. The van der Waals surface area contributed by atoms with Gasteiger partial charge in [-0.1, -0.05) is 48.5 Å². The fourth-order valence-corrected chi connectivity index (χ4v) is 4.76. The number of ether oxygens (including phenoxy) is 1. The normalized spacial score (nSPS) is 13.8. The molecular formula is C27H27N3O2. The molecule has 0 aliphatic carbocycles. The average Bonchev–Trinajstić information content (AvgIpc) is 3.14. The van der Waals surface area contributed by atoms with Crippen LogP contribution in [0, 0.1) is 0 Å². The van der Waals surface area contributed by atoms with Gasteiger partial charge in [-0.25, -0.2) is 4.79 Å². The van der Waals surface area contributed by atoms with E-state index in [0.29, 0.717) is 18.7 Å². The lowest BCUT2D eigenvalue weighted by Crippen LogP contribution is -2.30. The summed E-state index contributed by atoms with van der Waals surface area (Å²) in [6.07, 6.45) is 4.63. The number of aromatic nitrogens is 2. The number of carbonyl (C=O) groups is 1. The maximum absolute atomic E-state index is 12.8. The van der Waals surface area contributed by atoms with Gasteiger partial charge in [-0.2, -0.15) is 0 Å². The number of para-hydroxylation sites is 1. The highest BCUT2D eigenvalue weighted by Crippen LogP contribution is 2.34. The van der Waals surface area contributed by atoms with Crippen molar-refractivity contribution in [2.75, 3.05) is 13.2 Å². The zero-order valence-corrected chi connectivity index (χ0v) is 18.3. The van der Waals surface area contributed by atoms with Gasteiger partial charge >= 0.3 is 5.97 Å². The lowest BCUT2D eigenvalue weighted by molar-refractivity contribution is 0.0528. The summed E-state index contributed by atoms with van der Waals surface area (Å²) in [5.41, 5.74) is 6.68. The number of nitrogens with zero attached hydrogens (tertiary/aromatic N) is 3. The molecule has 4 aromatic rings. The Hall–Kier alpha value is -3.44. The highest BCUT2D eigenvalue weighted by Gasteiger charge is 2.27. The maximum atomic E-state index is 12.8. The third-order valence-electron chi connectivity index (χ3n) is 6.16. The Balaban J connectivity index is 1.59. The van der Waals surface area contributed by atoms with Crippen LogP contribution in [0.1, 0.15) is 39.7 Å². The highest BCUT2D eigenvalue weighted by molar-refractivity contribution is 6.04. The second-order valence-corrected chi connectivity index (χ2v) is 8.24. The molecule has 2 aromatic carbocycles. The predicted octanol–water partition coefficient (Wildman–Crippen LogP) is 4.82. The molecule has 0 amide bonds. The molecule has 0 saturated heterocycles. The molecule has 3 heterocycles. The Morgan fingerprint density at radius 1 is 1.00 bits per heavy atom. The molecule has 5 heteroatoms. The molecule has 0 fully saturated rings. The summed E-state index contributed by atoms with van der Waals surface area (Å²) in [6, 6.07) is 20.6. The second-order valence-electron chi connectivity index (χ2n) is 8.24. The molecular weight excluding hydrogens is 398 g/mol. The minimum atomic E-state index is -0.262. The smallest absolute Gasteiger partial charge is 0.340 e. The van der Waals surface area contributed by atoms with Crippen molar-refractivity contribution in [3.8, 4) is 0 Å². The molecule has 162 valence electrons. The molecule has 0 saturated carbocycles. The van der Waals surface area contributed by atoms with E-state index in [2.05, 4.69) is 56.9 Å². The molecule has 0 atom stereocenters. The van der Waals surface area contributed by atoms with Crippen LogP contribution in [0.3, 0.4) is 0 Å². The minimum Gasteiger partial charge on any atom is -0.462 e. The van der Waals surface area contributed by atoms with Crippen LogP contribution < -0.4 is 0 Å². The first-order valence-corrected chi connectivity index (χ1v) is 11.2. The largest absolute Gasteiger partial charge is 0.462 e. The van der Waals surface area contributed by atoms with Crippen LogP contribution in [0.15, 0.2) is 73.1 Å². The van der Waals surface area contributed by atoms with Crippen molar-refractivity contribution < 1.29 is 9.53 Å². The average molecular weight is 426 g/mol. The third kappa shape index (κ3) is 3.92. The summed E-state index contributed by atoms with van der Waals surface area (Å²) in [4.78, 5) is 19.6. The number of hydrogen-bond donors (Lipinski definition) is 0. The first-order chi connectivity index (χ1) is 15.7. The molecule has 2 aromatic heterocycles. The summed E-state index contributed by atoms with van der Waals surface area (Å²) in [7, 11) is 0. The van der Waals surface area contributed by atoms with Gasteiger partial charge in [0.25, 0.3) is 0 Å². The van der Waals surface area contributed by atoms with Crippen molar-refractivity contribution in [2.24, 2.45) is 0 Å². The Bertz CT molecular complexity index is 1230. The monoisotopic (exact) mass is 425 g/mol. The number of carbonyl (C=O) groups excluding carboxylic acids is 1. The minimum absolute atomic E-state index is 0.262. The lowest BCUT2D eigenvalue weighted by atomic mass is 10.0. The fraction of sp³-hybridized carbons (Fsp3) is 0.259. The molecule has 5 rings (SSSR count). The first kappa shape index (κ1) is 20.5. The van der Waals surface area contributed by atoms with E-state index in [1.54, 1.807) is 6.20 Å². The van der Waals surface area contributed by atoms with Crippen molar-refractivity contribution in [1.29, 1.82) is 0 Å². The van der Waals surface area contributed by atoms with E-state index in [4.69, 9.17) is 4.74 Å². The van der Waals surface area contributed by atoms with Crippen LogP contribution in [-0.2, 0) is 30.8 Å². The van der Waals surface area contributed by atoms with Crippen molar-refractivity contribution in [1.82, 2.24) is 14.5 Å². The molecule has 0 bridgehead atoms. The molecule has 0 unspecified atom stereocenters. The summed E-state index contributed by atoms with van der Waals surface area (Å²) in [6.45, 7) is 5.68. The summed E-state index contributed by atoms with van der Waals surface area (Å²) >= 11 is 0. The van der Waals surface area contributed by atoms with Crippen LogP contribution in [0.25, 0.3) is 10.9 Å². The van der Waals surface area contributed by atoms with Crippen molar-refractivity contribution >= 4 is 16.9 Å². The third-order valence-corrected chi connectivity index (χ3v) is 6.16. The standard InChI is InChI=1S/C27H27N3O2/c1-2-32-27(31)23-12-6-11-22-24-19-29(17-20-8-4-3-5-9-20)15-13-25(24)30(26(22)23)18-21-10-7-14-28-16-21/h3-12,14,16H,2,13,15,17-19H2,1H3. The van der Waals surface area contributed by atoms with Gasteiger partial charge in [0.2, 0.25) is 0 Å². The molecule has 32 heavy (non-hydrogen) atoms. The van der Waals surface area contributed by atoms with E-state index in [0.717, 1.165) is 42.5 Å². The van der Waals surface area contributed by atoms with Crippen molar-refractivity contribution in [3.63, 3.8) is 0 Å². The molecule has 5 nitrogen and oxygen atoms in total. The number of hydrogen-bond acceptors (Lipinski definition) is 4. The van der Waals surface area contributed by atoms with Gasteiger partial charge in [0.15, 0.2) is 0 Å². The number of fused-ring (bicyclic) bond motifs is 3. The summed E-state index contributed by atoms with van der Waals surface area (Å²) < 4.78 is 7.71. The summed E-state index contributed by atoms with van der Waals surface area (Å²) in [5, 5.41) is 1.15. The van der Waals surface area contributed by atoms with Crippen LogP contribution in [0.4, 0.5) is 0 Å². The number of benzene rings is 2.